The summed E-state index contributed by atoms with van der Waals surface area (Å²) in [7, 11) is 1.36. The Balaban J connectivity index is 2.03. The molecule has 0 bridgehead atoms. The van der Waals surface area contributed by atoms with Crippen molar-refractivity contribution < 1.29 is 18.3 Å². The van der Waals surface area contributed by atoms with Crippen molar-refractivity contribution in [1.29, 1.82) is 0 Å². The second-order valence-electron chi connectivity index (χ2n) is 4.24. The maximum Gasteiger partial charge on any atom is 0.308 e. The van der Waals surface area contributed by atoms with Crippen LogP contribution in [0.25, 0.3) is 0 Å². The number of anilines is 1. The van der Waals surface area contributed by atoms with E-state index in [0.717, 1.165) is 12.3 Å². The Kier molecular flexibility index (Phi) is 3.74. The maximum atomic E-state index is 13.5. The largest absolute Gasteiger partial charge is 0.469 e. The zero-order valence-electron chi connectivity index (χ0n) is 10.0. The van der Waals surface area contributed by atoms with Gasteiger partial charge in [-0.25, -0.2) is 13.8 Å². The standard InChI is InChI=1S/C12H14F2N2O2/c1-18-12(17)8-2-4-16(5-3-8)11-10(14)6-9(13)7-15-11/h6-8H,2-5H2,1H3. The molecule has 0 spiro atoms. The van der Waals surface area contributed by atoms with Gasteiger partial charge in [0.15, 0.2) is 11.6 Å². The molecule has 4 nitrogen and oxygen atoms in total. The van der Waals surface area contributed by atoms with Crippen LogP contribution in [-0.4, -0.2) is 31.2 Å². The minimum absolute atomic E-state index is 0.139. The van der Waals surface area contributed by atoms with Gasteiger partial charge in [-0.15, -0.1) is 0 Å². The van der Waals surface area contributed by atoms with E-state index in [0.29, 0.717) is 25.9 Å². The van der Waals surface area contributed by atoms with Crippen LogP contribution in [0.4, 0.5) is 14.6 Å². The van der Waals surface area contributed by atoms with E-state index in [-0.39, 0.29) is 17.7 Å². The molecular formula is C12H14F2N2O2. The number of halogens is 2. The first kappa shape index (κ1) is 12.7. The quantitative estimate of drug-likeness (QED) is 0.756. The number of pyridine rings is 1. The van der Waals surface area contributed by atoms with Crippen LogP contribution < -0.4 is 4.90 Å². The van der Waals surface area contributed by atoms with E-state index in [4.69, 9.17) is 0 Å². The first-order valence-electron chi connectivity index (χ1n) is 5.75. The molecule has 18 heavy (non-hydrogen) atoms. The number of esters is 1. The molecule has 1 fully saturated rings. The highest BCUT2D eigenvalue weighted by molar-refractivity contribution is 5.72. The van der Waals surface area contributed by atoms with Gasteiger partial charge in [0.2, 0.25) is 0 Å². The van der Waals surface area contributed by atoms with Crippen molar-refractivity contribution in [1.82, 2.24) is 4.98 Å². The molecule has 0 N–H and O–H groups in total. The minimum Gasteiger partial charge on any atom is -0.469 e. The second kappa shape index (κ2) is 5.29. The first-order valence-corrected chi connectivity index (χ1v) is 5.75. The molecule has 0 aliphatic carbocycles. The predicted molar refractivity (Wildman–Crippen MR) is 61.1 cm³/mol. The van der Waals surface area contributed by atoms with E-state index in [2.05, 4.69) is 9.72 Å². The number of methoxy groups -OCH3 is 1. The SMILES string of the molecule is COC(=O)C1CCN(c2ncc(F)cc2F)CC1. The van der Waals surface area contributed by atoms with Crippen molar-refractivity contribution in [3.63, 3.8) is 0 Å². The summed E-state index contributed by atoms with van der Waals surface area (Å²) in [5.74, 6) is -1.61. The fraction of sp³-hybridized carbons (Fsp3) is 0.500. The van der Waals surface area contributed by atoms with Gasteiger partial charge in [0.25, 0.3) is 0 Å². The van der Waals surface area contributed by atoms with Crippen molar-refractivity contribution in [2.75, 3.05) is 25.1 Å². The molecule has 0 radical (unpaired) electrons. The molecular weight excluding hydrogens is 242 g/mol. The van der Waals surface area contributed by atoms with Crippen LogP contribution in [0.1, 0.15) is 12.8 Å². The molecule has 1 saturated heterocycles. The van der Waals surface area contributed by atoms with Gasteiger partial charge in [-0.05, 0) is 12.8 Å². The van der Waals surface area contributed by atoms with Gasteiger partial charge in [0.05, 0.1) is 19.2 Å². The lowest BCUT2D eigenvalue weighted by Gasteiger charge is -2.31. The van der Waals surface area contributed by atoms with E-state index in [1.54, 1.807) is 4.90 Å². The van der Waals surface area contributed by atoms with Crippen molar-refractivity contribution >= 4 is 11.8 Å². The summed E-state index contributed by atoms with van der Waals surface area (Å²) in [6.45, 7) is 1.02. The Morgan fingerprint density at radius 1 is 1.44 bits per heavy atom. The fourth-order valence-corrected chi connectivity index (χ4v) is 2.13. The van der Waals surface area contributed by atoms with Gasteiger partial charge < -0.3 is 9.64 Å². The average molecular weight is 256 g/mol. The molecule has 2 heterocycles. The first-order chi connectivity index (χ1) is 8.61. The number of hydrogen-bond donors (Lipinski definition) is 0. The molecule has 1 aromatic rings. The lowest BCUT2D eigenvalue weighted by molar-refractivity contribution is -0.146. The number of piperidine rings is 1. The molecule has 6 heteroatoms. The maximum absolute atomic E-state index is 13.5. The fourth-order valence-electron chi connectivity index (χ4n) is 2.13. The lowest BCUT2D eigenvalue weighted by atomic mass is 9.97. The summed E-state index contributed by atoms with van der Waals surface area (Å²) in [6.07, 6.45) is 2.17. The summed E-state index contributed by atoms with van der Waals surface area (Å²) >= 11 is 0. The zero-order chi connectivity index (χ0) is 13.1. The third-order valence-electron chi connectivity index (χ3n) is 3.12. The molecule has 1 aliphatic heterocycles. The van der Waals surface area contributed by atoms with Crippen molar-refractivity contribution in [2.45, 2.75) is 12.8 Å². The van der Waals surface area contributed by atoms with Gasteiger partial charge in [0.1, 0.15) is 5.82 Å². The van der Waals surface area contributed by atoms with Crippen molar-refractivity contribution in [3.8, 4) is 0 Å². The molecule has 2 rings (SSSR count). The predicted octanol–water partition coefficient (Wildman–Crippen LogP) is 1.75. The van der Waals surface area contributed by atoms with Gasteiger partial charge in [-0.1, -0.05) is 0 Å². The van der Waals surface area contributed by atoms with Gasteiger partial charge in [-0.2, -0.15) is 0 Å². The molecule has 0 aromatic carbocycles. The van der Waals surface area contributed by atoms with Crippen LogP contribution in [0.2, 0.25) is 0 Å². The molecule has 1 aliphatic rings. The Bertz CT molecular complexity index is 446. The third kappa shape index (κ3) is 2.57. The number of carbonyl (C=O) groups is 1. The topological polar surface area (TPSA) is 42.4 Å². The monoisotopic (exact) mass is 256 g/mol. The van der Waals surface area contributed by atoms with Crippen LogP contribution in [-0.2, 0) is 9.53 Å². The van der Waals surface area contributed by atoms with Crippen molar-refractivity contribution in [3.05, 3.63) is 23.9 Å². The highest BCUT2D eigenvalue weighted by Gasteiger charge is 2.27. The van der Waals surface area contributed by atoms with Crippen LogP contribution in [0, 0.1) is 17.6 Å². The van der Waals surface area contributed by atoms with Gasteiger partial charge in [0, 0.05) is 19.2 Å². The van der Waals surface area contributed by atoms with Crippen LogP contribution in [0.15, 0.2) is 12.3 Å². The highest BCUT2D eigenvalue weighted by Crippen LogP contribution is 2.24. The van der Waals surface area contributed by atoms with E-state index in [1.165, 1.54) is 7.11 Å². The van der Waals surface area contributed by atoms with E-state index in [1.807, 2.05) is 0 Å². The lowest BCUT2D eigenvalue weighted by Crippen LogP contribution is -2.37. The normalized spacial score (nSPS) is 16.7. The van der Waals surface area contributed by atoms with E-state index in [9.17, 15) is 13.6 Å². The summed E-state index contributed by atoms with van der Waals surface area (Å²) in [5.41, 5.74) is 0. The van der Waals surface area contributed by atoms with Crippen LogP contribution >= 0.6 is 0 Å². The van der Waals surface area contributed by atoms with Gasteiger partial charge >= 0.3 is 5.97 Å². The number of carbonyl (C=O) groups excluding carboxylic acids is 1. The number of nitrogens with zero attached hydrogens (tertiary/aromatic N) is 2. The second-order valence-corrected chi connectivity index (χ2v) is 4.24. The Labute approximate surface area is 104 Å². The number of hydrogen-bond acceptors (Lipinski definition) is 4. The Hall–Kier alpha value is -1.72. The third-order valence-corrected chi connectivity index (χ3v) is 3.12. The van der Waals surface area contributed by atoms with E-state index >= 15 is 0 Å². The van der Waals surface area contributed by atoms with Crippen LogP contribution in [0.5, 0.6) is 0 Å². The Morgan fingerprint density at radius 2 is 2.11 bits per heavy atom. The molecule has 98 valence electrons. The molecule has 1 aromatic heterocycles. The summed E-state index contributed by atoms with van der Waals surface area (Å²) in [6, 6.07) is 0.814. The average Bonchev–Trinajstić information content (AvgIpc) is 2.38. The molecule has 0 saturated carbocycles. The number of rotatable bonds is 2. The number of ether oxygens (including phenoxy) is 1. The molecule has 0 atom stereocenters. The summed E-state index contributed by atoms with van der Waals surface area (Å²) in [4.78, 5) is 16.8. The van der Waals surface area contributed by atoms with Crippen molar-refractivity contribution in [2.24, 2.45) is 5.92 Å². The summed E-state index contributed by atoms with van der Waals surface area (Å²) in [5, 5.41) is 0. The number of aromatic nitrogens is 1. The Morgan fingerprint density at radius 3 is 2.67 bits per heavy atom. The van der Waals surface area contributed by atoms with Crippen LogP contribution in [0.3, 0.4) is 0 Å². The highest BCUT2D eigenvalue weighted by atomic mass is 19.1. The van der Waals surface area contributed by atoms with E-state index < -0.39 is 11.6 Å². The minimum atomic E-state index is -0.694. The smallest absolute Gasteiger partial charge is 0.308 e. The summed E-state index contributed by atoms with van der Waals surface area (Å²) < 4.78 is 30.9. The van der Waals surface area contributed by atoms with Gasteiger partial charge in [-0.3, -0.25) is 4.79 Å². The zero-order valence-corrected chi connectivity index (χ0v) is 10.0. The molecule has 0 unspecified atom stereocenters. The molecule has 0 amide bonds.